The molecule has 0 saturated heterocycles. The number of esters is 1. The van der Waals surface area contributed by atoms with E-state index in [-0.39, 0.29) is 11.7 Å². The average Bonchev–Trinajstić information content (AvgIpc) is 2.17. The molecule has 1 heterocycles. The maximum Gasteiger partial charge on any atom is 0.316 e. The van der Waals surface area contributed by atoms with Gasteiger partial charge in [0, 0.05) is 11.1 Å². The van der Waals surface area contributed by atoms with Gasteiger partial charge < -0.3 is 10.5 Å². The largest absolute Gasteiger partial charge is 0.465 e. The number of carbonyl (C=O) groups is 1. The van der Waals surface area contributed by atoms with Crippen LogP contribution >= 0.6 is 11.8 Å². The number of aromatic nitrogens is 1. The summed E-state index contributed by atoms with van der Waals surface area (Å²) in [6.45, 7) is 2.19. The summed E-state index contributed by atoms with van der Waals surface area (Å²) in [6, 6.07) is 1.78. The van der Waals surface area contributed by atoms with Gasteiger partial charge in [-0.05, 0) is 13.0 Å². The van der Waals surface area contributed by atoms with Gasteiger partial charge in [0.1, 0.15) is 0 Å². The van der Waals surface area contributed by atoms with Gasteiger partial charge in [-0.1, -0.05) is 0 Å². The van der Waals surface area contributed by atoms with Crippen LogP contribution in [-0.2, 0) is 9.53 Å². The van der Waals surface area contributed by atoms with Gasteiger partial charge in [0.05, 0.1) is 24.2 Å². The quantitative estimate of drug-likeness (QED) is 0.602. The van der Waals surface area contributed by atoms with Crippen molar-refractivity contribution in [3.8, 4) is 0 Å². The van der Waals surface area contributed by atoms with Crippen LogP contribution in [0, 0.1) is 0 Å². The second kappa shape index (κ2) is 5.49. The highest BCUT2D eigenvalue weighted by Crippen LogP contribution is 2.23. The standard InChI is InChI=1S/C9H12N2O2S/c1-2-13-9(12)6-14-8-3-4-11-5-7(8)10/h3-5H,2,6,10H2,1H3. The van der Waals surface area contributed by atoms with Crippen LogP contribution in [0.15, 0.2) is 23.4 Å². The van der Waals surface area contributed by atoms with Crippen LogP contribution in [0.2, 0.25) is 0 Å². The lowest BCUT2D eigenvalue weighted by atomic mass is 10.4. The summed E-state index contributed by atoms with van der Waals surface area (Å²) >= 11 is 1.36. The number of rotatable bonds is 4. The van der Waals surface area contributed by atoms with Crippen molar-refractivity contribution in [1.82, 2.24) is 4.98 Å². The third-order valence-corrected chi connectivity index (χ3v) is 2.52. The lowest BCUT2D eigenvalue weighted by molar-refractivity contribution is -0.139. The molecular weight excluding hydrogens is 200 g/mol. The second-order valence-electron chi connectivity index (χ2n) is 2.51. The maximum absolute atomic E-state index is 11.0. The van der Waals surface area contributed by atoms with E-state index in [9.17, 15) is 4.79 Å². The Morgan fingerprint density at radius 2 is 2.50 bits per heavy atom. The molecule has 0 spiro atoms. The summed E-state index contributed by atoms with van der Waals surface area (Å²) in [6.07, 6.45) is 3.21. The first-order chi connectivity index (χ1) is 6.74. The number of hydrogen-bond donors (Lipinski definition) is 1. The number of ether oxygens (including phenoxy) is 1. The van der Waals surface area contributed by atoms with Crippen molar-refractivity contribution in [1.29, 1.82) is 0 Å². The third kappa shape index (κ3) is 3.26. The number of hydrogen-bond acceptors (Lipinski definition) is 5. The van der Waals surface area contributed by atoms with Gasteiger partial charge in [-0.3, -0.25) is 9.78 Å². The van der Waals surface area contributed by atoms with E-state index < -0.39 is 0 Å². The minimum absolute atomic E-state index is 0.228. The number of nitrogens with zero attached hydrogens (tertiary/aromatic N) is 1. The first kappa shape index (κ1) is 10.8. The van der Waals surface area contributed by atoms with E-state index in [1.54, 1.807) is 25.4 Å². The Bertz CT molecular complexity index is 317. The first-order valence-electron chi connectivity index (χ1n) is 4.22. The Labute approximate surface area is 86.8 Å². The Morgan fingerprint density at radius 1 is 1.71 bits per heavy atom. The van der Waals surface area contributed by atoms with Gasteiger partial charge >= 0.3 is 5.97 Å². The van der Waals surface area contributed by atoms with Crippen LogP contribution < -0.4 is 5.73 Å². The Hall–Kier alpha value is -1.23. The van der Waals surface area contributed by atoms with Crippen LogP contribution in [0.25, 0.3) is 0 Å². The van der Waals surface area contributed by atoms with E-state index in [0.717, 1.165) is 4.90 Å². The SMILES string of the molecule is CCOC(=O)CSc1ccncc1N. The lowest BCUT2D eigenvalue weighted by Gasteiger charge is -2.03. The molecule has 4 nitrogen and oxygen atoms in total. The summed E-state index contributed by atoms with van der Waals surface area (Å²) < 4.78 is 4.79. The smallest absolute Gasteiger partial charge is 0.316 e. The summed E-state index contributed by atoms with van der Waals surface area (Å²) in [4.78, 5) is 15.7. The van der Waals surface area contributed by atoms with Gasteiger partial charge in [0.2, 0.25) is 0 Å². The monoisotopic (exact) mass is 212 g/mol. The summed E-state index contributed by atoms with van der Waals surface area (Å²) in [5, 5.41) is 0. The molecule has 1 rings (SSSR count). The molecule has 0 radical (unpaired) electrons. The fourth-order valence-electron chi connectivity index (χ4n) is 0.865. The second-order valence-corrected chi connectivity index (χ2v) is 3.52. The van der Waals surface area contributed by atoms with Crippen molar-refractivity contribution < 1.29 is 9.53 Å². The molecule has 0 bridgehead atoms. The molecule has 1 aromatic rings. The highest BCUT2D eigenvalue weighted by molar-refractivity contribution is 8.00. The Morgan fingerprint density at radius 3 is 3.14 bits per heavy atom. The minimum atomic E-state index is -0.228. The third-order valence-electron chi connectivity index (χ3n) is 1.46. The van der Waals surface area contributed by atoms with Gasteiger partial charge in [-0.25, -0.2) is 0 Å². The molecule has 0 unspecified atom stereocenters. The van der Waals surface area contributed by atoms with Crippen molar-refractivity contribution in [2.24, 2.45) is 0 Å². The van der Waals surface area contributed by atoms with Gasteiger partial charge in [0.25, 0.3) is 0 Å². The number of carbonyl (C=O) groups excluding carboxylic acids is 1. The van der Waals surface area contributed by atoms with Crippen LogP contribution in [0.4, 0.5) is 5.69 Å². The molecule has 0 saturated carbocycles. The molecule has 2 N–H and O–H groups in total. The molecule has 0 aromatic carbocycles. The predicted molar refractivity (Wildman–Crippen MR) is 56.0 cm³/mol. The minimum Gasteiger partial charge on any atom is -0.465 e. The van der Waals surface area contributed by atoms with Crippen molar-refractivity contribution in [2.75, 3.05) is 18.1 Å². The Kier molecular flexibility index (Phi) is 4.25. The molecule has 0 atom stereocenters. The zero-order valence-corrected chi connectivity index (χ0v) is 8.71. The van der Waals surface area contributed by atoms with E-state index in [4.69, 9.17) is 10.5 Å². The summed E-state index contributed by atoms with van der Waals surface area (Å²) in [7, 11) is 0. The number of thioether (sulfide) groups is 1. The van der Waals surface area contributed by atoms with E-state index in [2.05, 4.69) is 4.98 Å². The topological polar surface area (TPSA) is 65.2 Å². The van der Waals surface area contributed by atoms with E-state index in [0.29, 0.717) is 12.3 Å². The number of anilines is 1. The van der Waals surface area contributed by atoms with Crippen molar-refractivity contribution in [2.45, 2.75) is 11.8 Å². The molecule has 0 fully saturated rings. The van der Waals surface area contributed by atoms with E-state index in [1.165, 1.54) is 11.8 Å². The van der Waals surface area contributed by atoms with Crippen molar-refractivity contribution in [3.63, 3.8) is 0 Å². The van der Waals surface area contributed by atoms with E-state index >= 15 is 0 Å². The zero-order chi connectivity index (χ0) is 10.4. The van der Waals surface area contributed by atoms with Crippen LogP contribution in [-0.4, -0.2) is 23.3 Å². The fourth-order valence-corrected chi connectivity index (χ4v) is 1.60. The summed E-state index contributed by atoms with van der Waals surface area (Å²) in [5.74, 6) is 0.0518. The van der Waals surface area contributed by atoms with Gasteiger partial charge in [-0.15, -0.1) is 11.8 Å². The number of nitrogen functional groups attached to an aromatic ring is 1. The van der Waals surface area contributed by atoms with Crippen LogP contribution in [0.1, 0.15) is 6.92 Å². The van der Waals surface area contributed by atoms with Crippen LogP contribution in [0.3, 0.4) is 0 Å². The summed E-state index contributed by atoms with van der Waals surface area (Å²) in [5.41, 5.74) is 6.23. The average molecular weight is 212 g/mol. The molecule has 0 aliphatic heterocycles. The molecule has 0 aliphatic carbocycles. The molecule has 76 valence electrons. The maximum atomic E-state index is 11.0. The van der Waals surface area contributed by atoms with Crippen molar-refractivity contribution >= 4 is 23.4 Å². The van der Waals surface area contributed by atoms with E-state index in [1.807, 2.05) is 0 Å². The van der Waals surface area contributed by atoms with Crippen molar-refractivity contribution in [3.05, 3.63) is 18.5 Å². The number of pyridine rings is 1. The molecule has 1 aromatic heterocycles. The number of nitrogens with two attached hydrogens (primary N) is 1. The Balaban J connectivity index is 2.46. The molecule has 0 amide bonds. The zero-order valence-electron chi connectivity index (χ0n) is 7.90. The normalized spacial score (nSPS) is 9.79. The fraction of sp³-hybridized carbons (Fsp3) is 0.333. The molecular formula is C9H12N2O2S. The highest BCUT2D eigenvalue weighted by atomic mass is 32.2. The lowest BCUT2D eigenvalue weighted by Crippen LogP contribution is -2.06. The molecule has 0 aliphatic rings. The molecule has 5 heteroatoms. The first-order valence-corrected chi connectivity index (χ1v) is 5.20. The van der Waals surface area contributed by atoms with Gasteiger partial charge in [0.15, 0.2) is 0 Å². The molecule has 14 heavy (non-hydrogen) atoms. The highest BCUT2D eigenvalue weighted by Gasteiger charge is 2.04. The van der Waals surface area contributed by atoms with Crippen LogP contribution in [0.5, 0.6) is 0 Å². The predicted octanol–water partition coefficient (Wildman–Crippen LogP) is 1.32. The van der Waals surface area contributed by atoms with Gasteiger partial charge in [-0.2, -0.15) is 0 Å².